The third-order valence-corrected chi connectivity index (χ3v) is 3.75. The van der Waals surface area contributed by atoms with E-state index in [0.29, 0.717) is 6.04 Å². The molecule has 0 saturated heterocycles. The van der Waals surface area contributed by atoms with Crippen LogP contribution in [0.5, 0.6) is 0 Å². The molecule has 3 rings (SSSR count). The Labute approximate surface area is 126 Å². The number of anilines is 2. The second kappa shape index (κ2) is 6.22. The molecule has 0 spiro atoms. The second-order valence-electron chi connectivity index (χ2n) is 5.79. The van der Waals surface area contributed by atoms with E-state index in [0.717, 1.165) is 37.4 Å². The summed E-state index contributed by atoms with van der Waals surface area (Å²) < 4.78 is 0. The van der Waals surface area contributed by atoms with Gasteiger partial charge in [-0.3, -0.25) is 4.98 Å². The summed E-state index contributed by atoms with van der Waals surface area (Å²) in [5.41, 5.74) is 3.66. The minimum Gasteiger partial charge on any atom is -0.325 e. The maximum atomic E-state index is 4.77. The fourth-order valence-electron chi connectivity index (χ4n) is 2.69. The number of hydrogen-bond donors (Lipinski definition) is 1. The summed E-state index contributed by atoms with van der Waals surface area (Å²) in [6.07, 6.45) is 6.01. The van der Waals surface area contributed by atoms with Crippen LogP contribution in [-0.4, -0.2) is 22.6 Å². The Morgan fingerprint density at radius 1 is 1.24 bits per heavy atom. The van der Waals surface area contributed by atoms with Crippen molar-refractivity contribution in [3.8, 4) is 0 Å². The molecule has 110 valence electrons. The number of rotatable bonds is 4. The lowest BCUT2D eigenvalue weighted by molar-refractivity contribution is 0.580. The van der Waals surface area contributed by atoms with Crippen LogP contribution in [-0.2, 0) is 13.0 Å². The first kappa shape index (κ1) is 14.0. The standard InChI is InChI=1S/C17H22N4/c1-13(2)19-11-15-10-18-12-17(20-15)21-9-5-7-14-6-3-4-8-16(14)21/h3-4,6,8,10,12-13,19H,5,7,9,11H2,1-2H3. The number of nitrogens with zero attached hydrogens (tertiary/aromatic N) is 3. The molecular weight excluding hydrogens is 260 g/mol. The number of nitrogens with one attached hydrogen (secondary N) is 1. The van der Waals surface area contributed by atoms with Gasteiger partial charge in [-0.15, -0.1) is 0 Å². The van der Waals surface area contributed by atoms with Gasteiger partial charge in [-0.1, -0.05) is 32.0 Å². The highest BCUT2D eigenvalue weighted by atomic mass is 15.2. The first-order valence-corrected chi connectivity index (χ1v) is 7.64. The first-order valence-electron chi connectivity index (χ1n) is 7.64. The maximum absolute atomic E-state index is 4.77. The van der Waals surface area contributed by atoms with Crippen LogP contribution >= 0.6 is 0 Å². The summed E-state index contributed by atoms with van der Waals surface area (Å²) >= 11 is 0. The summed E-state index contributed by atoms with van der Waals surface area (Å²) in [7, 11) is 0. The lowest BCUT2D eigenvalue weighted by Crippen LogP contribution is -2.27. The molecule has 0 atom stereocenters. The summed E-state index contributed by atoms with van der Waals surface area (Å²) in [5.74, 6) is 0.949. The molecule has 1 aliphatic heterocycles. The summed E-state index contributed by atoms with van der Waals surface area (Å²) in [6.45, 7) is 6.04. The molecule has 0 amide bonds. The van der Waals surface area contributed by atoms with Gasteiger partial charge in [0.2, 0.25) is 0 Å². The zero-order valence-corrected chi connectivity index (χ0v) is 12.7. The van der Waals surface area contributed by atoms with E-state index in [-0.39, 0.29) is 0 Å². The van der Waals surface area contributed by atoms with Crippen molar-refractivity contribution in [2.75, 3.05) is 11.4 Å². The molecule has 2 aromatic rings. The Kier molecular flexibility index (Phi) is 4.15. The van der Waals surface area contributed by atoms with Crippen LogP contribution in [0.25, 0.3) is 0 Å². The number of para-hydroxylation sites is 1. The van der Waals surface area contributed by atoms with Crippen LogP contribution in [0.2, 0.25) is 0 Å². The molecular formula is C17H22N4. The molecule has 1 aromatic heterocycles. The Morgan fingerprint density at radius 2 is 2.10 bits per heavy atom. The topological polar surface area (TPSA) is 41.1 Å². The number of benzene rings is 1. The van der Waals surface area contributed by atoms with Gasteiger partial charge in [0, 0.05) is 31.0 Å². The zero-order valence-electron chi connectivity index (χ0n) is 12.7. The number of hydrogen-bond acceptors (Lipinski definition) is 4. The molecule has 0 aliphatic carbocycles. The van der Waals surface area contributed by atoms with E-state index >= 15 is 0 Å². The van der Waals surface area contributed by atoms with E-state index in [1.165, 1.54) is 11.3 Å². The van der Waals surface area contributed by atoms with Gasteiger partial charge in [-0.25, -0.2) is 4.98 Å². The lowest BCUT2D eigenvalue weighted by atomic mass is 10.0. The van der Waals surface area contributed by atoms with E-state index in [2.05, 4.69) is 53.3 Å². The van der Waals surface area contributed by atoms with Gasteiger partial charge in [0.15, 0.2) is 5.82 Å². The largest absolute Gasteiger partial charge is 0.325 e. The quantitative estimate of drug-likeness (QED) is 0.935. The van der Waals surface area contributed by atoms with Gasteiger partial charge in [0.05, 0.1) is 11.9 Å². The average Bonchev–Trinajstić information content (AvgIpc) is 2.52. The second-order valence-corrected chi connectivity index (χ2v) is 5.79. The van der Waals surface area contributed by atoms with Gasteiger partial charge >= 0.3 is 0 Å². The molecule has 21 heavy (non-hydrogen) atoms. The summed E-state index contributed by atoms with van der Waals surface area (Å²) in [4.78, 5) is 11.4. The molecule has 4 heteroatoms. The van der Waals surface area contributed by atoms with Crippen molar-refractivity contribution in [3.05, 3.63) is 47.9 Å². The summed E-state index contributed by atoms with van der Waals surface area (Å²) in [5, 5.41) is 3.39. The predicted octanol–water partition coefficient (Wildman–Crippen LogP) is 3.06. The normalized spacial score (nSPS) is 14.3. The fraction of sp³-hybridized carbons (Fsp3) is 0.412. The van der Waals surface area contributed by atoms with E-state index in [4.69, 9.17) is 4.98 Å². The van der Waals surface area contributed by atoms with Gasteiger partial charge in [-0.2, -0.15) is 0 Å². The van der Waals surface area contributed by atoms with Crippen LogP contribution < -0.4 is 10.2 Å². The van der Waals surface area contributed by atoms with Crippen LogP contribution in [0.1, 0.15) is 31.5 Å². The van der Waals surface area contributed by atoms with Crippen LogP contribution in [0.3, 0.4) is 0 Å². The molecule has 0 unspecified atom stereocenters. The third-order valence-electron chi connectivity index (χ3n) is 3.75. The van der Waals surface area contributed by atoms with Crippen LogP contribution in [0, 0.1) is 0 Å². The maximum Gasteiger partial charge on any atom is 0.151 e. The highest BCUT2D eigenvalue weighted by Crippen LogP contribution is 2.31. The molecule has 2 heterocycles. The molecule has 0 radical (unpaired) electrons. The fourth-order valence-corrected chi connectivity index (χ4v) is 2.69. The van der Waals surface area contributed by atoms with E-state index < -0.39 is 0 Å². The van der Waals surface area contributed by atoms with Crippen molar-refractivity contribution in [1.82, 2.24) is 15.3 Å². The molecule has 0 saturated carbocycles. The smallest absolute Gasteiger partial charge is 0.151 e. The highest BCUT2D eigenvalue weighted by molar-refractivity contribution is 5.64. The average molecular weight is 282 g/mol. The summed E-state index contributed by atoms with van der Waals surface area (Å²) in [6, 6.07) is 9.03. The van der Waals surface area contributed by atoms with Crippen LogP contribution in [0.15, 0.2) is 36.7 Å². The van der Waals surface area contributed by atoms with Crippen molar-refractivity contribution < 1.29 is 0 Å². The third kappa shape index (κ3) is 3.22. The number of fused-ring (bicyclic) bond motifs is 1. The zero-order chi connectivity index (χ0) is 14.7. The van der Waals surface area contributed by atoms with Gasteiger partial charge in [-0.05, 0) is 24.5 Å². The van der Waals surface area contributed by atoms with Crippen molar-refractivity contribution in [2.24, 2.45) is 0 Å². The SMILES string of the molecule is CC(C)NCc1cncc(N2CCCc3ccccc32)n1. The van der Waals surface area contributed by atoms with Gasteiger partial charge in [0.1, 0.15) is 0 Å². The molecule has 4 nitrogen and oxygen atoms in total. The highest BCUT2D eigenvalue weighted by Gasteiger charge is 2.19. The molecule has 0 fully saturated rings. The Hall–Kier alpha value is -1.94. The van der Waals surface area contributed by atoms with Crippen molar-refractivity contribution >= 4 is 11.5 Å². The van der Waals surface area contributed by atoms with E-state index in [1.807, 2.05) is 12.4 Å². The Morgan fingerprint density at radius 3 is 2.95 bits per heavy atom. The van der Waals surface area contributed by atoms with Crippen molar-refractivity contribution in [1.29, 1.82) is 0 Å². The minimum atomic E-state index is 0.450. The van der Waals surface area contributed by atoms with E-state index in [1.54, 1.807) is 0 Å². The molecule has 1 aliphatic rings. The monoisotopic (exact) mass is 282 g/mol. The first-order chi connectivity index (χ1) is 10.2. The van der Waals surface area contributed by atoms with Gasteiger partial charge < -0.3 is 10.2 Å². The van der Waals surface area contributed by atoms with Gasteiger partial charge in [0.25, 0.3) is 0 Å². The lowest BCUT2D eigenvalue weighted by Gasteiger charge is -2.30. The predicted molar refractivity (Wildman–Crippen MR) is 85.8 cm³/mol. The number of aryl methyl sites for hydroxylation is 1. The molecule has 1 aromatic carbocycles. The Bertz CT molecular complexity index is 609. The van der Waals surface area contributed by atoms with Crippen LogP contribution in [0.4, 0.5) is 11.5 Å². The number of aromatic nitrogens is 2. The van der Waals surface area contributed by atoms with Crippen molar-refractivity contribution in [2.45, 2.75) is 39.3 Å². The van der Waals surface area contributed by atoms with Crippen molar-refractivity contribution in [3.63, 3.8) is 0 Å². The Balaban J connectivity index is 1.86. The van der Waals surface area contributed by atoms with E-state index in [9.17, 15) is 0 Å². The molecule has 1 N–H and O–H groups in total. The molecule has 0 bridgehead atoms. The minimum absolute atomic E-state index is 0.450.